The lowest BCUT2D eigenvalue weighted by Crippen LogP contribution is -2.09. The first-order valence-corrected chi connectivity index (χ1v) is 3.39. The molecule has 1 aromatic rings. The maximum atomic E-state index is 12.2. The third-order valence-electron chi connectivity index (χ3n) is 1.41. The van der Waals surface area contributed by atoms with Crippen molar-refractivity contribution in [3.05, 3.63) is 39.9 Å². The highest BCUT2D eigenvalue weighted by Gasteiger charge is 2.14. The van der Waals surface area contributed by atoms with Gasteiger partial charge >= 0.3 is 0 Å². The van der Waals surface area contributed by atoms with E-state index in [0.717, 1.165) is 6.07 Å². The number of nitrogens with one attached hydrogen (secondary N) is 1. The van der Waals surface area contributed by atoms with Crippen molar-refractivity contribution in [3.8, 4) is 0 Å². The van der Waals surface area contributed by atoms with Gasteiger partial charge in [0.1, 0.15) is 5.69 Å². The molecule has 6 heteroatoms. The molecule has 0 aliphatic heterocycles. The van der Waals surface area contributed by atoms with Crippen molar-refractivity contribution >= 4 is 5.69 Å². The first-order chi connectivity index (χ1) is 6.11. The van der Waals surface area contributed by atoms with Gasteiger partial charge in [0, 0.05) is 5.56 Å². The van der Waals surface area contributed by atoms with Crippen LogP contribution in [0.1, 0.15) is 12.0 Å². The molecule has 0 saturated carbocycles. The van der Waals surface area contributed by atoms with Crippen LogP contribution in [0.2, 0.25) is 0 Å². The molecule has 0 spiro atoms. The van der Waals surface area contributed by atoms with Crippen LogP contribution in [0.5, 0.6) is 0 Å². The zero-order valence-corrected chi connectivity index (χ0v) is 6.41. The van der Waals surface area contributed by atoms with Crippen molar-refractivity contribution < 1.29 is 13.8 Å². The fraction of sp³-hybridized carbons (Fsp3) is 0.143. The molecule has 0 aromatic heterocycles. The molecule has 0 heterocycles. The van der Waals surface area contributed by atoms with Gasteiger partial charge in [0.25, 0.3) is 6.43 Å². The Labute approximate surface area is 72.3 Å². The third kappa shape index (κ3) is 2.36. The van der Waals surface area contributed by atoms with Gasteiger partial charge in [-0.2, -0.15) is 0 Å². The molecule has 0 aliphatic rings. The Morgan fingerprint density at radius 2 is 2.00 bits per heavy atom. The second kappa shape index (κ2) is 3.79. The highest BCUT2D eigenvalue weighted by molar-refractivity contribution is 5.49. The smallest absolute Gasteiger partial charge is 0.235 e. The van der Waals surface area contributed by atoms with Crippen LogP contribution < -0.4 is 5.43 Å². The Kier molecular flexibility index (Phi) is 2.73. The molecule has 0 bridgehead atoms. The zero-order chi connectivity index (χ0) is 9.84. The molecular weight excluding hydrogens is 182 g/mol. The minimum atomic E-state index is -2.72. The summed E-state index contributed by atoms with van der Waals surface area (Å²) in [5, 5.41) is 9.12. The van der Waals surface area contributed by atoms with Gasteiger partial charge in [0.15, 0.2) is 5.03 Å². The predicted octanol–water partition coefficient (Wildman–Crippen LogP) is 2.23. The summed E-state index contributed by atoms with van der Waals surface area (Å²) < 4.78 is 24.4. The lowest BCUT2D eigenvalue weighted by molar-refractivity contribution is -0.445. The van der Waals surface area contributed by atoms with Crippen LogP contribution in [0, 0.1) is 10.1 Å². The summed E-state index contributed by atoms with van der Waals surface area (Å²) in [6.45, 7) is 0. The van der Waals surface area contributed by atoms with E-state index < -0.39 is 11.5 Å². The van der Waals surface area contributed by atoms with Crippen LogP contribution in [0.3, 0.4) is 0 Å². The average Bonchev–Trinajstić information content (AvgIpc) is 2.03. The van der Waals surface area contributed by atoms with E-state index in [1.807, 2.05) is 0 Å². The standard InChI is InChI=1S/C7H6F2N2O2/c8-7(9)5-3-1-2-4-6(5)10-11(12)13/h1-4,7,10H. The number of nitro groups is 1. The lowest BCUT2D eigenvalue weighted by atomic mass is 10.2. The van der Waals surface area contributed by atoms with E-state index in [2.05, 4.69) is 0 Å². The van der Waals surface area contributed by atoms with E-state index in [4.69, 9.17) is 0 Å². The van der Waals surface area contributed by atoms with Crippen molar-refractivity contribution in [1.82, 2.24) is 0 Å². The summed E-state index contributed by atoms with van der Waals surface area (Å²) in [6.07, 6.45) is -2.72. The van der Waals surface area contributed by atoms with Crippen LogP contribution >= 0.6 is 0 Å². The van der Waals surface area contributed by atoms with E-state index >= 15 is 0 Å². The number of halogens is 2. The maximum absolute atomic E-state index is 12.2. The molecule has 13 heavy (non-hydrogen) atoms. The first-order valence-electron chi connectivity index (χ1n) is 3.39. The van der Waals surface area contributed by atoms with E-state index in [0.29, 0.717) is 0 Å². The molecule has 70 valence electrons. The summed E-state index contributed by atoms with van der Waals surface area (Å²) in [5.74, 6) is 0. The van der Waals surface area contributed by atoms with E-state index in [-0.39, 0.29) is 11.3 Å². The largest absolute Gasteiger partial charge is 0.266 e. The Hall–Kier alpha value is -1.72. The minimum absolute atomic E-state index is 0.178. The van der Waals surface area contributed by atoms with Crippen LogP contribution in [-0.4, -0.2) is 5.03 Å². The molecule has 1 aromatic carbocycles. The van der Waals surface area contributed by atoms with E-state index in [9.17, 15) is 18.9 Å². The molecule has 0 amide bonds. The number of rotatable bonds is 3. The summed E-state index contributed by atoms with van der Waals surface area (Å²) in [4.78, 5) is 9.99. The topological polar surface area (TPSA) is 55.2 Å². The number of hydrazine groups is 1. The Bertz CT molecular complexity index is 317. The molecule has 0 aliphatic carbocycles. The molecule has 1 N–H and O–H groups in total. The summed E-state index contributed by atoms with van der Waals surface area (Å²) in [5.41, 5.74) is 1.14. The van der Waals surface area contributed by atoms with Crippen molar-refractivity contribution in [2.75, 3.05) is 5.43 Å². The average molecular weight is 188 g/mol. The third-order valence-corrected chi connectivity index (χ3v) is 1.41. The minimum Gasteiger partial charge on any atom is -0.235 e. The van der Waals surface area contributed by atoms with Crippen LogP contribution in [0.15, 0.2) is 24.3 Å². The second-order valence-electron chi connectivity index (χ2n) is 2.26. The Morgan fingerprint density at radius 3 is 2.54 bits per heavy atom. The summed E-state index contributed by atoms with van der Waals surface area (Å²) in [7, 11) is 0. The highest BCUT2D eigenvalue weighted by atomic mass is 19.3. The molecule has 1 rings (SSSR count). The van der Waals surface area contributed by atoms with Gasteiger partial charge in [-0.15, -0.1) is 5.43 Å². The van der Waals surface area contributed by atoms with Gasteiger partial charge in [-0.25, -0.2) is 18.9 Å². The first kappa shape index (κ1) is 9.37. The van der Waals surface area contributed by atoms with E-state index in [1.165, 1.54) is 18.2 Å². The van der Waals surface area contributed by atoms with Crippen molar-refractivity contribution in [2.24, 2.45) is 0 Å². The number of para-hydroxylation sites is 1. The van der Waals surface area contributed by atoms with Gasteiger partial charge in [-0.3, -0.25) is 0 Å². The Balaban J connectivity index is 2.97. The number of benzene rings is 1. The molecule has 0 saturated heterocycles. The number of hydrogen-bond donors (Lipinski definition) is 1. The SMILES string of the molecule is O=[N+]([O-])Nc1ccccc1C(F)F. The summed E-state index contributed by atoms with van der Waals surface area (Å²) >= 11 is 0. The van der Waals surface area contributed by atoms with Gasteiger partial charge in [0.05, 0.1) is 0 Å². The fourth-order valence-electron chi connectivity index (χ4n) is 0.887. The quantitative estimate of drug-likeness (QED) is 0.584. The molecule has 0 fully saturated rings. The summed E-state index contributed by atoms with van der Waals surface area (Å²) in [6, 6.07) is 5.20. The number of alkyl halides is 2. The fourth-order valence-corrected chi connectivity index (χ4v) is 0.887. The molecule has 4 nitrogen and oxygen atoms in total. The number of anilines is 1. The predicted molar refractivity (Wildman–Crippen MR) is 42.0 cm³/mol. The van der Waals surface area contributed by atoms with Crippen LogP contribution in [0.4, 0.5) is 14.5 Å². The number of nitrogens with zero attached hydrogens (tertiary/aromatic N) is 1. The lowest BCUT2D eigenvalue weighted by Gasteiger charge is -2.04. The molecule has 0 unspecified atom stereocenters. The van der Waals surface area contributed by atoms with Gasteiger partial charge in [-0.1, -0.05) is 18.2 Å². The van der Waals surface area contributed by atoms with Gasteiger partial charge in [0.2, 0.25) is 0 Å². The van der Waals surface area contributed by atoms with Gasteiger partial charge < -0.3 is 0 Å². The second-order valence-corrected chi connectivity index (χ2v) is 2.26. The molecule has 0 radical (unpaired) electrons. The van der Waals surface area contributed by atoms with E-state index in [1.54, 1.807) is 5.43 Å². The van der Waals surface area contributed by atoms with Crippen LogP contribution in [0.25, 0.3) is 0 Å². The molecular formula is C7H6F2N2O2. The van der Waals surface area contributed by atoms with Crippen molar-refractivity contribution in [2.45, 2.75) is 6.43 Å². The van der Waals surface area contributed by atoms with Crippen molar-refractivity contribution in [3.63, 3.8) is 0 Å². The maximum Gasteiger partial charge on any atom is 0.266 e. The van der Waals surface area contributed by atoms with Gasteiger partial charge in [-0.05, 0) is 6.07 Å². The number of hydrogen-bond acceptors (Lipinski definition) is 2. The molecule has 0 atom stereocenters. The van der Waals surface area contributed by atoms with Crippen molar-refractivity contribution in [1.29, 1.82) is 0 Å². The highest BCUT2D eigenvalue weighted by Crippen LogP contribution is 2.26. The van der Waals surface area contributed by atoms with Crippen LogP contribution in [-0.2, 0) is 0 Å². The monoisotopic (exact) mass is 188 g/mol. The normalized spacial score (nSPS) is 10.1. The Morgan fingerprint density at radius 1 is 1.38 bits per heavy atom. The zero-order valence-electron chi connectivity index (χ0n) is 6.41.